The van der Waals surface area contributed by atoms with Gasteiger partial charge in [0.25, 0.3) is 0 Å². The van der Waals surface area contributed by atoms with Gasteiger partial charge in [0.1, 0.15) is 0 Å². The summed E-state index contributed by atoms with van der Waals surface area (Å²) in [5.74, 6) is 0.215. The molecular formula is C17H24BrCl2N3OS. The Morgan fingerprint density at radius 2 is 2.20 bits per heavy atom. The van der Waals surface area contributed by atoms with Crippen molar-refractivity contribution < 1.29 is 4.79 Å². The zero-order valence-electron chi connectivity index (χ0n) is 14.1. The van der Waals surface area contributed by atoms with E-state index in [2.05, 4.69) is 27.0 Å². The molecule has 2 atom stereocenters. The summed E-state index contributed by atoms with van der Waals surface area (Å²) in [6.45, 7) is 2.85. The topological polar surface area (TPSA) is 59.2 Å². The van der Waals surface area contributed by atoms with E-state index in [0.717, 1.165) is 34.4 Å². The van der Waals surface area contributed by atoms with Crippen LogP contribution in [-0.4, -0.2) is 34.4 Å². The fraction of sp³-hybridized carbons (Fsp3) is 0.529. The Morgan fingerprint density at radius 1 is 1.44 bits per heavy atom. The molecule has 0 spiro atoms. The lowest BCUT2D eigenvalue weighted by atomic mass is 9.96. The van der Waals surface area contributed by atoms with Gasteiger partial charge in [-0.2, -0.15) is 0 Å². The van der Waals surface area contributed by atoms with Crippen molar-refractivity contribution in [2.45, 2.75) is 51.1 Å². The minimum atomic E-state index is 0. The maximum absolute atomic E-state index is 12.6. The van der Waals surface area contributed by atoms with Crippen molar-refractivity contribution in [2.75, 3.05) is 6.54 Å². The van der Waals surface area contributed by atoms with Gasteiger partial charge in [-0.15, -0.1) is 36.2 Å². The number of hydrogen-bond acceptors (Lipinski definition) is 4. The van der Waals surface area contributed by atoms with Gasteiger partial charge in [-0.05, 0) is 44.4 Å². The number of nitrogens with zero attached hydrogens (tertiary/aromatic N) is 2. The monoisotopic (exact) mass is 467 g/mol. The smallest absolute Gasteiger partial charge is 0.223 e. The molecule has 1 amide bonds. The molecule has 2 N–H and O–H groups in total. The summed E-state index contributed by atoms with van der Waals surface area (Å²) in [4.78, 5) is 19.2. The quantitative estimate of drug-likeness (QED) is 0.715. The number of aromatic nitrogens is 1. The molecule has 25 heavy (non-hydrogen) atoms. The first-order valence-electron chi connectivity index (χ1n) is 8.14. The molecule has 0 aliphatic carbocycles. The van der Waals surface area contributed by atoms with Crippen molar-refractivity contribution >= 4 is 68.2 Å². The van der Waals surface area contributed by atoms with Crippen molar-refractivity contribution in [2.24, 2.45) is 5.73 Å². The SMILES string of the molecule is CC(N)C1CCCCN1C(=O)CCc1nc2cc(Br)ccc2s1.Cl.Cl. The zero-order chi connectivity index (χ0) is 16.4. The van der Waals surface area contributed by atoms with Crippen molar-refractivity contribution in [3.05, 3.63) is 27.7 Å². The number of rotatable bonds is 4. The van der Waals surface area contributed by atoms with Crippen molar-refractivity contribution in [3.8, 4) is 0 Å². The number of thiazole rings is 1. The van der Waals surface area contributed by atoms with Crippen LogP contribution in [0.4, 0.5) is 0 Å². The molecule has 1 aromatic heterocycles. The summed E-state index contributed by atoms with van der Waals surface area (Å²) in [6, 6.07) is 6.35. The number of hydrogen-bond donors (Lipinski definition) is 1. The summed E-state index contributed by atoms with van der Waals surface area (Å²) >= 11 is 5.14. The third-order valence-corrected chi connectivity index (χ3v) is 6.01. The van der Waals surface area contributed by atoms with Gasteiger partial charge in [0.15, 0.2) is 0 Å². The van der Waals surface area contributed by atoms with Crippen LogP contribution in [0.25, 0.3) is 10.2 Å². The van der Waals surface area contributed by atoms with Crippen LogP contribution in [-0.2, 0) is 11.2 Å². The van der Waals surface area contributed by atoms with Crippen LogP contribution in [0.2, 0.25) is 0 Å². The lowest BCUT2D eigenvalue weighted by Gasteiger charge is -2.38. The molecule has 2 unspecified atom stereocenters. The third kappa shape index (κ3) is 5.54. The standard InChI is InChI=1S/C17H22BrN3OS.2ClH/c1-11(19)14-4-2-3-9-21(14)17(22)8-7-16-20-13-10-12(18)5-6-15(13)23-16;;/h5-6,10-11,14H,2-4,7-9,19H2,1H3;2*1H. The number of fused-ring (bicyclic) bond motifs is 1. The van der Waals surface area contributed by atoms with E-state index in [0.29, 0.717) is 12.8 Å². The number of aryl methyl sites for hydroxylation is 1. The van der Waals surface area contributed by atoms with Crippen LogP contribution in [0, 0.1) is 0 Å². The van der Waals surface area contributed by atoms with Gasteiger partial charge < -0.3 is 10.6 Å². The maximum Gasteiger partial charge on any atom is 0.223 e. The van der Waals surface area contributed by atoms with E-state index in [-0.39, 0.29) is 42.8 Å². The third-order valence-electron chi connectivity index (χ3n) is 4.42. The van der Waals surface area contributed by atoms with Gasteiger partial charge in [0.2, 0.25) is 5.91 Å². The minimum absolute atomic E-state index is 0. The Labute approximate surface area is 173 Å². The molecule has 1 fully saturated rings. The maximum atomic E-state index is 12.6. The molecule has 0 saturated carbocycles. The van der Waals surface area contributed by atoms with Gasteiger partial charge in [0.05, 0.1) is 15.2 Å². The molecule has 2 heterocycles. The Hall–Kier alpha value is -0.400. The molecule has 1 aromatic carbocycles. The Balaban J connectivity index is 0.00000156. The van der Waals surface area contributed by atoms with E-state index in [1.165, 1.54) is 11.1 Å². The molecule has 8 heteroatoms. The molecule has 140 valence electrons. The molecule has 3 rings (SSSR count). The van der Waals surface area contributed by atoms with Gasteiger partial charge in [-0.25, -0.2) is 4.98 Å². The number of carbonyl (C=O) groups excluding carboxylic acids is 1. The summed E-state index contributed by atoms with van der Waals surface area (Å²) in [7, 11) is 0. The normalized spacial score (nSPS) is 18.4. The molecule has 0 radical (unpaired) electrons. The minimum Gasteiger partial charge on any atom is -0.338 e. The Morgan fingerprint density at radius 3 is 2.92 bits per heavy atom. The summed E-state index contributed by atoms with van der Waals surface area (Å²) < 4.78 is 2.20. The number of piperidine rings is 1. The first kappa shape index (κ1) is 22.6. The Kier molecular flexibility index (Phi) is 9.12. The van der Waals surface area contributed by atoms with E-state index in [1.54, 1.807) is 11.3 Å². The number of carbonyl (C=O) groups is 1. The van der Waals surface area contributed by atoms with Gasteiger partial charge in [-0.1, -0.05) is 15.9 Å². The summed E-state index contributed by atoms with van der Waals surface area (Å²) in [5.41, 5.74) is 7.06. The van der Waals surface area contributed by atoms with Crippen LogP contribution in [0.5, 0.6) is 0 Å². The second kappa shape index (κ2) is 10.1. The summed E-state index contributed by atoms with van der Waals surface area (Å²) in [5, 5.41) is 1.03. The molecular weight excluding hydrogens is 445 g/mol. The lowest BCUT2D eigenvalue weighted by Crippen LogP contribution is -2.51. The highest BCUT2D eigenvalue weighted by molar-refractivity contribution is 9.10. The van der Waals surface area contributed by atoms with Crippen LogP contribution in [0.3, 0.4) is 0 Å². The lowest BCUT2D eigenvalue weighted by molar-refractivity contribution is -0.135. The average molecular weight is 469 g/mol. The molecule has 1 aliphatic heterocycles. The Bertz CT molecular complexity index is 710. The van der Waals surface area contributed by atoms with Crippen LogP contribution in [0.1, 0.15) is 37.6 Å². The van der Waals surface area contributed by atoms with E-state index in [4.69, 9.17) is 5.73 Å². The predicted molar refractivity (Wildman–Crippen MR) is 113 cm³/mol. The second-order valence-corrected chi connectivity index (χ2v) is 8.26. The molecule has 2 aromatic rings. The van der Waals surface area contributed by atoms with Crippen molar-refractivity contribution in [1.82, 2.24) is 9.88 Å². The number of likely N-dealkylation sites (tertiary alicyclic amines) is 1. The van der Waals surface area contributed by atoms with Crippen LogP contribution < -0.4 is 5.73 Å². The second-order valence-electron chi connectivity index (χ2n) is 6.23. The van der Waals surface area contributed by atoms with E-state index in [1.807, 2.05) is 24.0 Å². The number of halogens is 3. The fourth-order valence-corrected chi connectivity index (χ4v) is 4.52. The van der Waals surface area contributed by atoms with E-state index in [9.17, 15) is 4.79 Å². The summed E-state index contributed by atoms with van der Waals surface area (Å²) in [6.07, 6.45) is 4.51. The van der Waals surface area contributed by atoms with Gasteiger partial charge >= 0.3 is 0 Å². The predicted octanol–water partition coefficient (Wildman–Crippen LogP) is 4.56. The first-order valence-corrected chi connectivity index (χ1v) is 9.75. The number of benzene rings is 1. The van der Waals surface area contributed by atoms with Crippen molar-refractivity contribution in [3.63, 3.8) is 0 Å². The van der Waals surface area contributed by atoms with E-state index < -0.39 is 0 Å². The zero-order valence-corrected chi connectivity index (χ0v) is 18.1. The number of nitrogens with two attached hydrogens (primary N) is 1. The molecule has 1 saturated heterocycles. The van der Waals surface area contributed by atoms with Crippen LogP contribution in [0.15, 0.2) is 22.7 Å². The van der Waals surface area contributed by atoms with E-state index >= 15 is 0 Å². The fourth-order valence-electron chi connectivity index (χ4n) is 3.23. The molecule has 4 nitrogen and oxygen atoms in total. The average Bonchev–Trinajstić information content (AvgIpc) is 2.94. The molecule has 1 aliphatic rings. The highest BCUT2D eigenvalue weighted by Crippen LogP contribution is 2.26. The van der Waals surface area contributed by atoms with Crippen LogP contribution >= 0.6 is 52.1 Å². The highest BCUT2D eigenvalue weighted by atomic mass is 79.9. The van der Waals surface area contributed by atoms with Gasteiger partial charge in [-0.3, -0.25) is 4.79 Å². The first-order chi connectivity index (χ1) is 11.0. The number of amides is 1. The molecule has 0 bridgehead atoms. The largest absolute Gasteiger partial charge is 0.338 e. The van der Waals surface area contributed by atoms with Gasteiger partial charge in [0, 0.05) is 35.9 Å². The highest BCUT2D eigenvalue weighted by Gasteiger charge is 2.28. The van der Waals surface area contributed by atoms with Crippen molar-refractivity contribution in [1.29, 1.82) is 0 Å².